The number of piperidine rings is 1. The van der Waals surface area contributed by atoms with Gasteiger partial charge in [0, 0.05) is 31.2 Å². The standard InChI is InChI=1S/C21H32N6O2/c1-14(2)20-22-19(24-29-20)17-11-21(13-25(17)5)6-8-26(9-7-21)18(28)12-27-16(4)10-15(3)23-27/h10,14,17H,6-9,11-13H2,1-5H3. The second kappa shape index (κ2) is 7.55. The summed E-state index contributed by atoms with van der Waals surface area (Å²) in [7, 11) is 2.14. The molecule has 1 atom stereocenters. The van der Waals surface area contributed by atoms with Gasteiger partial charge in [-0.25, -0.2) is 0 Å². The summed E-state index contributed by atoms with van der Waals surface area (Å²) in [4.78, 5) is 21.7. The Balaban J connectivity index is 1.37. The summed E-state index contributed by atoms with van der Waals surface area (Å²) in [6, 6.07) is 2.21. The highest BCUT2D eigenvalue weighted by molar-refractivity contribution is 5.76. The molecule has 1 amide bonds. The Morgan fingerprint density at radius 1 is 1.31 bits per heavy atom. The molecule has 2 saturated heterocycles. The molecule has 0 radical (unpaired) electrons. The van der Waals surface area contributed by atoms with Crippen molar-refractivity contribution in [3.8, 4) is 0 Å². The Morgan fingerprint density at radius 3 is 2.62 bits per heavy atom. The minimum atomic E-state index is 0.161. The molecule has 0 aliphatic carbocycles. The molecule has 1 spiro atoms. The summed E-state index contributed by atoms with van der Waals surface area (Å²) in [5.41, 5.74) is 2.22. The zero-order valence-electron chi connectivity index (χ0n) is 18.2. The fraction of sp³-hybridized carbons (Fsp3) is 0.714. The second-order valence-electron chi connectivity index (χ2n) is 9.25. The van der Waals surface area contributed by atoms with E-state index < -0.39 is 0 Å². The predicted octanol–water partition coefficient (Wildman–Crippen LogP) is 2.69. The average Bonchev–Trinajstić information content (AvgIpc) is 3.34. The molecule has 4 rings (SSSR count). The van der Waals surface area contributed by atoms with Gasteiger partial charge in [-0.15, -0.1) is 0 Å². The van der Waals surface area contributed by atoms with E-state index in [1.807, 2.05) is 29.5 Å². The lowest BCUT2D eigenvalue weighted by atomic mass is 9.76. The number of hydrogen-bond donors (Lipinski definition) is 0. The molecule has 8 nitrogen and oxygen atoms in total. The van der Waals surface area contributed by atoms with E-state index in [0.717, 1.165) is 56.1 Å². The van der Waals surface area contributed by atoms with Gasteiger partial charge in [-0.2, -0.15) is 10.1 Å². The highest BCUT2D eigenvalue weighted by atomic mass is 16.5. The van der Waals surface area contributed by atoms with E-state index >= 15 is 0 Å². The predicted molar refractivity (Wildman–Crippen MR) is 108 cm³/mol. The normalized spacial score (nSPS) is 22.1. The van der Waals surface area contributed by atoms with E-state index in [2.05, 4.69) is 41.0 Å². The summed E-state index contributed by atoms with van der Waals surface area (Å²) >= 11 is 0. The molecule has 0 aromatic carbocycles. The SMILES string of the molecule is Cc1cc(C)n(CC(=O)N2CCC3(CC2)CC(c2noc(C(C)C)n2)N(C)C3)n1. The zero-order valence-corrected chi connectivity index (χ0v) is 18.2. The van der Waals surface area contributed by atoms with Crippen LogP contribution in [0.3, 0.4) is 0 Å². The number of hydrogen-bond acceptors (Lipinski definition) is 6. The van der Waals surface area contributed by atoms with E-state index in [4.69, 9.17) is 4.52 Å². The molecule has 8 heteroatoms. The first-order valence-corrected chi connectivity index (χ1v) is 10.6. The van der Waals surface area contributed by atoms with Gasteiger partial charge in [0.25, 0.3) is 0 Å². The Kier molecular flexibility index (Phi) is 5.23. The van der Waals surface area contributed by atoms with E-state index in [9.17, 15) is 4.79 Å². The Labute approximate surface area is 172 Å². The molecule has 2 aromatic rings. The number of likely N-dealkylation sites (tertiary alicyclic amines) is 2. The smallest absolute Gasteiger partial charge is 0.244 e. The topological polar surface area (TPSA) is 80.3 Å². The van der Waals surface area contributed by atoms with Crippen LogP contribution in [0.4, 0.5) is 0 Å². The van der Waals surface area contributed by atoms with Crippen LogP contribution in [0.5, 0.6) is 0 Å². The molecule has 0 bridgehead atoms. The molecule has 2 aromatic heterocycles. The van der Waals surface area contributed by atoms with Gasteiger partial charge in [-0.1, -0.05) is 19.0 Å². The molecular weight excluding hydrogens is 368 g/mol. The van der Waals surface area contributed by atoms with Crippen molar-refractivity contribution in [2.75, 3.05) is 26.7 Å². The van der Waals surface area contributed by atoms with Crippen LogP contribution in [-0.2, 0) is 11.3 Å². The number of nitrogens with zero attached hydrogens (tertiary/aromatic N) is 6. The first-order chi connectivity index (χ1) is 13.8. The van der Waals surface area contributed by atoms with Crippen molar-refractivity contribution in [3.63, 3.8) is 0 Å². The molecule has 0 N–H and O–H groups in total. The van der Waals surface area contributed by atoms with Gasteiger partial charge >= 0.3 is 0 Å². The van der Waals surface area contributed by atoms with Crippen LogP contribution < -0.4 is 0 Å². The fourth-order valence-corrected chi connectivity index (χ4v) is 4.83. The molecule has 158 valence electrons. The molecule has 2 aliphatic rings. The van der Waals surface area contributed by atoms with Crippen molar-refractivity contribution in [1.29, 1.82) is 0 Å². The third-order valence-corrected chi connectivity index (χ3v) is 6.56. The lowest BCUT2D eigenvalue weighted by molar-refractivity contribution is -0.134. The Bertz CT molecular complexity index is 878. The number of aryl methyl sites for hydroxylation is 2. The first-order valence-electron chi connectivity index (χ1n) is 10.6. The van der Waals surface area contributed by atoms with E-state index in [0.29, 0.717) is 12.4 Å². The van der Waals surface area contributed by atoms with Gasteiger partial charge < -0.3 is 9.42 Å². The summed E-state index contributed by atoms with van der Waals surface area (Å²) < 4.78 is 7.24. The molecule has 4 heterocycles. The highest BCUT2D eigenvalue weighted by Crippen LogP contribution is 2.47. The largest absolute Gasteiger partial charge is 0.341 e. The maximum Gasteiger partial charge on any atom is 0.244 e. The van der Waals surface area contributed by atoms with E-state index in [1.54, 1.807) is 0 Å². The molecule has 0 saturated carbocycles. The lowest BCUT2D eigenvalue weighted by Gasteiger charge is -2.39. The molecule has 2 fully saturated rings. The molecule has 1 unspecified atom stereocenters. The number of amides is 1. The first kappa shape index (κ1) is 20.1. The quantitative estimate of drug-likeness (QED) is 0.785. The van der Waals surface area contributed by atoms with Gasteiger partial charge in [-0.05, 0) is 51.6 Å². The third-order valence-electron chi connectivity index (χ3n) is 6.56. The minimum Gasteiger partial charge on any atom is -0.341 e. The Morgan fingerprint density at radius 2 is 2.03 bits per heavy atom. The molecule has 29 heavy (non-hydrogen) atoms. The molecular formula is C21H32N6O2. The summed E-state index contributed by atoms with van der Waals surface area (Å²) in [6.45, 7) is 11.0. The van der Waals surface area contributed by atoms with Crippen LogP contribution in [0.1, 0.15) is 68.2 Å². The van der Waals surface area contributed by atoms with E-state index in [1.165, 1.54) is 0 Å². The van der Waals surface area contributed by atoms with Gasteiger partial charge in [0.1, 0.15) is 6.54 Å². The highest BCUT2D eigenvalue weighted by Gasteiger charge is 2.46. The minimum absolute atomic E-state index is 0.161. The zero-order chi connectivity index (χ0) is 20.8. The Hall–Kier alpha value is -2.22. The summed E-state index contributed by atoms with van der Waals surface area (Å²) in [5, 5.41) is 8.67. The lowest BCUT2D eigenvalue weighted by Crippen LogP contribution is -2.45. The van der Waals surface area contributed by atoms with Crippen LogP contribution in [0, 0.1) is 19.3 Å². The third kappa shape index (κ3) is 3.95. The van der Waals surface area contributed by atoms with Gasteiger partial charge in [0.05, 0.1) is 11.7 Å². The van der Waals surface area contributed by atoms with Crippen molar-refractivity contribution in [3.05, 3.63) is 29.2 Å². The van der Waals surface area contributed by atoms with Crippen molar-refractivity contribution >= 4 is 5.91 Å². The van der Waals surface area contributed by atoms with Crippen molar-refractivity contribution in [2.24, 2.45) is 5.41 Å². The summed E-state index contributed by atoms with van der Waals surface area (Å²) in [6.07, 6.45) is 3.07. The maximum absolute atomic E-state index is 12.8. The number of aromatic nitrogens is 4. The van der Waals surface area contributed by atoms with Gasteiger partial charge in [0.15, 0.2) is 5.82 Å². The number of carbonyl (C=O) groups excluding carboxylic acids is 1. The molecule has 2 aliphatic heterocycles. The van der Waals surface area contributed by atoms with Gasteiger partial charge in [0.2, 0.25) is 11.8 Å². The van der Waals surface area contributed by atoms with Crippen LogP contribution in [0.25, 0.3) is 0 Å². The van der Waals surface area contributed by atoms with Crippen molar-refractivity contribution < 1.29 is 9.32 Å². The van der Waals surface area contributed by atoms with Crippen LogP contribution >= 0.6 is 0 Å². The monoisotopic (exact) mass is 400 g/mol. The average molecular weight is 401 g/mol. The van der Waals surface area contributed by atoms with Crippen LogP contribution in [0.15, 0.2) is 10.6 Å². The van der Waals surface area contributed by atoms with Crippen LogP contribution in [0.2, 0.25) is 0 Å². The van der Waals surface area contributed by atoms with E-state index in [-0.39, 0.29) is 23.3 Å². The van der Waals surface area contributed by atoms with Gasteiger partial charge in [-0.3, -0.25) is 14.4 Å². The summed E-state index contributed by atoms with van der Waals surface area (Å²) in [5.74, 6) is 1.91. The fourth-order valence-electron chi connectivity index (χ4n) is 4.83. The van der Waals surface area contributed by atoms with Crippen molar-refractivity contribution in [1.82, 2.24) is 29.7 Å². The van der Waals surface area contributed by atoms with Crippen LogP contribution in [-0.4, -0.2) is 62.3 Å². The second-order valence-corrected chi connectivity index (χ2v) is 9.25. The number of rotatable bonds is 4. The maximum atomic E-state index is 12.8. The number of carbonyl (C=O) groups is 1. The van der Waals surface area contributed by atoms with Crippen molar-refractivity contribution in [2.45, 2.75) is 65.5 Å².